The van der Waals surface area contributed by atoms with Crippen LogP contribution in [0.3, 0.4) is 0 Å². The van der Waals surface area contributed by atoms with Crippen molar-refractivity contribution in [1.82, 2.24) is 10.2 Å². The van der Waals surface area contributed by atoms with E-state index >= 15 is 0 Å². The van der Waals surface area contributed by atoms with Gasteiger partial charge < -0.3 is 10.1 Å². The predicted octanol–water partition coefficient (Wildman–Crippen LogP) is 1.94. The third kappa shape index (κ3) is 4.43. The van der Waals surface area contributed by atoms with Gasteiger partial charge in [0.25, 0.3) is 17.2 Å². The predicted molar refractivity (Wildman–Crippen MR) is 103 cm³/mol. The Labute approximate surface area is 163 Å². The summed E-state index contributed by atoms with van der Waals surface area (Å²) in [6, 6.07) is 12.3. The number of amides is 1. The normalized spacial score (nSPS) is 11.6. The molecule has 10 nitrogen and oxygen atoms in total. The number of anilines is 1. The second-order valence-electron chi connectivity index (χ2n) is 6.12. The van der Waals surface area contributed by atoms with E-state index in [9.17, 15) is 24.5 Å². The monoisotopic (exact) mass is 396 g/mol. The van der Waals surface area contributed by atoms with Gasteiger partial charge in [0, 0.05) is 11.5 Å². The molecule has 0 spiro atoms. The second-order valence-corrected chi connectivity index (χ2v) is 6.12. The van der Waals surface area contributed by atoms with Crippen LogP contribution in [0.4, 0.5) is 11.4 Å². The van der Waals surface area contributed by atoms with Crippen molar-refractivity contribution in [3.05, 3.63) is 74.7 Å². The fraction of sp³-hybridized carbons (Fsp3) is 0.158. The molecule has 0 unspecified atom stereocenters. The van der Waals surface area contributed by atoms with Crippen molar-refractivity contribution in [1.29, 1.82) is 0 Å². The molecule has 0 saturated carbocycles. The number of carbonyl (C=O) groups is 2. The molecular weight excluding hydrogens is 380 g/mol. The fourth-order valence-corrected chi connectivity index (χ4v) is 2.71. The zero-order valence-electron chi connectivity index (χ0n) is 15.2. The molecular formula is C19H16N4O6. The molecule has 148 valence electrons. The molecule has 3 rings (SSSR count). The zero-order chi connectivity index (χ0) is 21.0. The van der Waals surface area contributed by atoms with Gasteiger partial charge in [0.05, 0.1) is 22.4 Å². The van der Waals surface area contributed by atoms with Gasteiger partial charge in [0.2, 0.25) is 0 Å². The topological polar surface area (TPSA) is 144 Å². The molecule has 1 aromatic heterocycles. The Morgan fingerprint density at radius 1 is 1.17 bits per heavy atom. The van der Waals surface area contributed by atoms with Crippen LogP contribution in [0.2, 0.25) is 0 Å². The smallest absolute Gasteiger partial charge is 0.312 e. The number of aromatic nitrogens is 2. The molecule has 1 heterocycles. The highest BCUT2D eigenvalue weighted by Gasteiger charge is 2.22. The van der Waals surface area contributed by atoms with Gasteiger partial charge in [-0.25, -0.2) is 5.10 Å². The summed E-state index contributed by atoms with van der Waals surface area (Å²) in [4.78, 5) is 46.7. The second kappa shape index (κ2) is 8.30. The minimum absolute atomic E-state index is 0.00121. The van der Waals surface area contributed by atoms with Crippen molar-refractivity contribution in [2.75, 3.05) is 5.32 Å². The number of ether oxygens (including phenoxy) is 1. The summed E-state index contributed by atoms with van der Waals surface area (Å²) in [5.74, 6) is -1.45. The number of nitro groups is 1. The SMILES string of the molecule is C[C@@H](OC(=O)Cc1n[nH]c(=O)c2ccccc12)C(=O)Nc1ccccc1[N+](=O)[O-]. The number of nitrogens with zero attached hydrogens (tertiary/aromatic N) is 2. The van der Waals surface area contributed by atoms with Crippen LogP contribution in [0, 0.1) is 10.1 Å². The van der Waals surface area contributed by atoms with E-state index in [0.29, 0.717) is 16.5 Å². The number of nitrogens with one attached hydrogen (secondary N) is 2. The van der Waals surface area contributed by atoms with Gasteiger partial charge in [-0.15, -0.1) is 0 Å². The maximum absolute atomic E-state index is 12.3. The summed E-state index contributed by atoms with van der Waals surface area (Å²) in [5.41, 5.74) is -0.353. The molecule has 2 aromatic carbocycles. The van der Waals surface area contributed by atoms with Gasteiger partial charge in [-0.2, -0.15) is 5.10 Å². The quantitative estimate of drug-likeness (QED) is 0.368. The maximum Gasteiger partial charge on any atom is 0.312 e. The van der Waals surface area contributed by atoms with Gasteiger partial charge in [-0.3, -0.25) is 24.5 Å². The number of hydrogen-bond donors (Lipinski definition) is 2. The molecule has 3 aromatic rings. The highest BCUT2D eigenvalue weighted by atomic mass is 16.6. The van der Waals surface area contributed by atoms with E-state index in [2.05, 4.69) is 15.5 Å². The molecule has 2 N–H and O–H groups in total. The third-order valence-corrected chi connectivity index (χ3v) is 4.12. The first kappa shape index (κ1) is 19.7. The average Bonchev–Trinajstić information content (AvgIpc) is 2.70. The molecule has 10 heteroatoms. The Hall–Kier alpha value is -4.08. The van der Waals surface area contributed by atoms with E-state index in [1.54, 1.807) is 24.3 Å². The van der Waals surface area contributed by atoms with E-state index in [1.165, 1.54) is 31.2 Å². The van der Waals surface area contributed by atoms with E-state index in [-0.39, 0.29) is 23.4 Å². The van der Waals surface area contributed by atoms with Crippen molar-refractivity contribution in [3.8, 4) is 0 Å². The Kier molecular flexibility index (Phi) is 5.63. The van der Waals surface area contributed by atoms with Gasteiger partial charge in [-0.1, -0.05) is 30.3 Å². The van der Waals surface area contributed by atoms with Crippen LogP contribution in [-0.4, -0.2) is 33.1 Å². The molecule has 0 aliphatic rings. The van der Waals surface area contributed by atoms with Crippen LogP contribution in [-0.2, 0) is 20.7 Å². The minimum Gasteiger partial charge on any atom is -0.452 e. The summed E-state index contributed by atoms with van der Waals surface area (Å²) in [6.07, 6.45) is -1.46. The van der Waals surface area contributed by atoms with Crippen molar-refractivity contribution < 1.29 is 19.2 Å². The van der Waals surface area contributed by atoms with Crippen molar-refractivity contribution in [2.24, 2.45) is 0 Å². The van der Waals surface area contributed by atoms with E-state index in [0.717, 1.165) is 0 Å². The molecule has 1 atom stereocenters. The molecule has 0 aliphatic heterocycles. The number of nitro benzene ring substituents is 1. The zero-order valence-corrected chi connectivity index (χ0v) is 15.2. The molecule has 0 bridgehead atoms. The lowest BCUT2D eigenvalue weighted by Crippen LogP contribution is -2.31. The standard InChI is InChI=1S/C19H16N4O6/c1-11(18(25)20-14-8-4-5-9-16(14)23(27)28)29-17(24)10-15-12-6-2-3-7-13(12)19(26)22-21-15/h2-9,11H,10H2,1H3,(H,20,25)(H,22,26)/t11-/m1/s1. The van der Waals surface area contributed by atoms with Gasteiger partial charge in [0.1, 0.15) is 5.69 Å². The number of benzene rings is 2. The lowest BCUT2D eigenvalue weighted by molar-refractivity contribution is -0.383. The number of hydrogen-bond acceptors (Lipinski definition) is 7. The van der Waals surface area contributed by atoms with Gasteiger partial charge >= 0.3 is 5.97 Å². The first-order valence-electron chi connectivity index (χ1n) is 8.57. The number of H-pyrrole nitrogens is 1. The number of esters is 1. The van der Waals surface area contributed by atoms with E-state index in [4.69, 9.17) is 4.74 Å². The summed E-state index contributed by atoms with van der Waals surface area (Å²) in [7, 11) is 0. The van der Waals surface area contributed by atoms with Crippen molar-refractivity contribution >= 4 is 34.0 Å². The van der Waals surface area contributed by atoms with Gasteiger partial charge in [-0.05, 0) is 19.1 Å². The summed E-state index contributed by atoms with van der Waals surface area (Å²) >= 11 is 0. The Bertz CT molecular complexity index is 1160. The first-order chi connectivity index (χ1) is 13.9. The number of rotatable bonds is 6. The third-order valence-electron chi connectivity index (χ3n) is 4.12. The van der Waals surface area contributed by atoms with E-state index in [1.807, 2.05) is 0 Å². The fourth-order valence-electron chi connectivity index (χ4n) is 2.71. The van der Waals surface area contributed by atoms with Crippen LogP contribution < -0.4 is 10.9 Å². The molecule has 0 aliphatic carbocycles. The highest BCUT2D eigenvalue weighted by molar-refractivity contribution is 5.97. The van der Waals surface area contributed by atoms with Crippen molar-refractivity contribution in [3.63, 3.8) is 0 Å². The highest BCUT2D eigenvalue weighted by Crippen LogP contribution is 2.23. The molecule has 0 fully saturated rings. The minimum atomic E-state index is -1.20. The van der Waals surface area contributed by atoms with Crippen molar-refractivity contribution in [2.45, 2.75) is 19.4 Å². The Balaban J connectivity index is 1.69. The number of aromatic amines is 1. The van der Waals surface area contributed by atoms with Crippen LogP contribution in [0.5, 0.6) is 0 Å². The number of fused-ring (bicyclic) bond motifs is 1. The summed E-state index contributed by atoms with van der Waals surface area (Å²) in [6.45, 7) is 1.35. The Morgan fingerprint density at radius 2 is 1.83 bits per heavy atom. The molecule has 0 saturated heterocycles. The summed E-state index contributed by atoms with van der Waals surface area (Å²) < 4.78 is 5.11. The maximum atomic E-state index is 12.3. The summed E-state index contributed by atoms with van der Waals surface area (Å²) in [5, 5.41) is 20.5. The number of carbonyl (C=O) groups excluding carboxylic acids is 2. The largest absolute Gasteiger partial charge is 0.452 e. The molecule has 1 amide bonds. The lowest BCUT2D eigenvalue weighted by atomic mass is 10.1. The van der Waals surface area contributed by atoms with Gasteiger partial charge in [0.15, 0.2) is 6.10 Å². The molecule has 29 heavy (non-hydrogen) atoms. The van der Waals surface area contributed by atoms with Crippen LogP contribution in [0.1, 0.15) is 12.6 Å². The first-order valence-corrected chi connectivity index (χ1v) is 8.57. The Morgan fingerprint density at radius 3 is 2.55 bits per heavy atom. The lowest BCUT2D eigenvalue weighted by Gasteiger charge is -2.13. The number of para-hydroxylation sites is 2. The van der Waals surface area contributed by atoms with Crippen LogP contribution in [0.15, 0.2) is 53.3 Å². The van der Waals surface area contributed by atoms with E-state index < -0.39 is 22.9 Å². The van der Waals surface area contributed by atoms with Crippen LogP contribution >= 0.6 is 0 Å². The molecule has 0 radical (unpaired) electrons. The van der Waals surface area contributed by atoms with Crippen LogP contribution in [0.25, 0.3) is 10.8 Å². The average molecular weight is 396 g/mol.